The molecule has 100 valence electrons. The van der Waals surface area contributed by atoms with E-state index >= 15 is 0 Å². The number of nitrogens with zero attached hydrogens (tertiary/aromatic N) is 1. The summed E-state index contributed by atoms with van der Waals surface area (Å²) >= 11 is 3.40. The first-order chi connectivity index (χ1) is 9.16. The lowest BCUT2D eigenvalue weighted by Crippen LogP contribution is -2.05. The van der Waals surface area contributed by atoms with Crippen molar-refractivity contribution in [1.29, 1.82) is 0 Å². The second-order valence-corrected chi connectivity index (χ2v) is 5.23. The Balaban J connectivity index is 2.00. The highest BCUT2D eigenvalue weighted by atomic mass is 79.9. The number of hydrogen-bond acceptors (Lipinski definition) is 3. The highest BCUT2D eigenvalue weighted by molar-refractivity contribution is 9.10. The van der Waals surface area contributed by atoms with Crippen LogP contribution in [0, 0.1) is 0 Å². The van der Waals surface area contributed by atoms with E-state index in [0.29, 0.717) is 6.61 Å². The molecule has 0 unspecified atom stereocenters. The lowest BCUT2D eigenvalue weighted by Gasteiger charge is -2.14. The van der Waals surface area contributed by atoms with Crippen LogP contribution in [0.15, 0.2) is 47.2 Å². The van der Waals surface area contributed by atoms with Crippen LogP contribution in [0.1, 0.15) is 24.2 Å². The van der Waals surface area contributed by atoms with E-state index < -0.39 is 6.10 Å². The lowest BCUT2D eigenvalue weighted by molar-refractivity contribution is 0.191. The Labute approximate surface area is 121 Å². The molecule has 1 aromatic carbocycles. The molecule has 1 N–H and O–H groups in total. The van der Waals surface area contributed by atoms with Gasteiger partial charge < -0.3 is 9.84 Å². The summed E-state index contributed by atoms with van der Waals surface area (Å²) in [4.78, 5) is 3.98. The average Bonchev–Trinajstić information content (AvgIpc) is 2.41. The van der Waals surface area contributed by atoms with Gasteiger partial charge in [-0.1, -0.05) is 15.9 Å². The third kappa shape index (κ3) is 4.04. The van der Waals surface area contributed by atoms with Gasteiger partial charge in [-0.05, 0) is 42.8 Å². The Kier molecular flexibility index (Phi) is 4.93. The summed E-state index contributed by atoms with van der Waals surface area (Å²) in [5.74, 6) is 0.729. The van der Waals surface area contributed by atoms with Crippen LogP contribution in [0.4, 0.5) is 0 Å². The monoisotopic (exact) mass is 321 g/mol. The molecule has 1 atom stereocenters. The van der Waals surface area contributed by atoms with Gasteiger partial charge in [0, 0.05) is 28.9 Å². The molecular weight excluding hydrogens is 306 g/mol. The van der Waals surface area contributed by atoms with E-state index in [9.17, 15) is 5.11 Å². The topological polar surface area (TPSA) is 42.4 Å². The Morgan fingerprint density at radius 1 is 1.26 bits per heavy atom. The minimum atomic E-state index is -0.548. The fraction of sp³-hybridized carbons (Fsp3) is 0.267. The molecule has 0 aliphatic carbocycles. The van der Waals surface area contributed by atoms with Crippen LogP contribution in [0.3, 0.4) is 0 Å². The molecule has 2 aromatic rings. The molecule has 1 heterocycles. The fourth-order valence-corrected chi connectivity index (χ4v) is 2.18. The van der Waals surface area contributed by atoms with E-state index in [4.69, 9.17) is 4.74 Å². The molecule has 0 radical (unpaired) electrons. The van der Waals surface area contributed by atoms with Gasteiger partial charge >= 0.3 is 0 Å². The summed E-state index contributed by atoms with van der Waals surface area (Å²) < 4.78 is 6.69. The van der Waals surface area contributed by atoms with E-state index in [-0.39, 0.29) is 0 Å². The zero-order valence-corrected chi connectivity index (χ0v) is 12.3. The minimum Gasteiger partial charge on any atom is -0.493 e. The number of aromatic nitrogens is 1. The quantitative estimate of drug-likeness (QED) is 0.916. The zero-order chi connectivity index (χ0) is 13.7. The van der Waals surface area contributed by atoms with E-state index in [1.54, 1.807) is 19.3 Å². The van der Waals surface area contributed by atoms with Gasteiger partial charge in [-0.2, -0.15) is 0 Å². The molecule has 2 rings (SSSR count). The van der Waals surface area contributed by atoms with Crippen LogP contribution in [-0.4, -0.2) is 16.7 Å². The summed E-state index contributed by atoms with van der Waals surface area (Å²) in [6.07, 6.45) is 3.82. The van der Waals surface area contributed by atoms with E-state index in [1.807, 2.05) is 30.3 Å². The predicted octanol–water partition coefficient (Wildman–Crippen LogP) is 3.52. The van der Waals surface area contributed by atoms with Crippen molar-refractivity contribution in [2.24, 2.45) is 0 Å². The SMILES string of the molecule is C[C@H](O)c1cc(Br)ccc1OCCc1ccncc1. The van der Waals surface area contributed by atoms with E-state index in [2.05, 4.69) is 20.9 Å². The summed E-state index contributed by atoms with van der Waals surface area (Å²) in [5.41, 5.74) is 1.98. The first-order valence-corrected chi connectivity index (χ1v) is 6.95. The summed E-state index contributed by atoms with van der Waals surface area (Å²) in [7, 11) is 0. The van der Waals surface area contributed by atoms with Crippen molar-refractivity contribution in [2.45, 2.75) is 19.4 Å². The Morgan fingerprint density at radius 2 is 2.00 bits per heavy atom. The maximum Gasteiger partial charge on any atom is 0.125 e. The first-order valence-electron chi connectivity index (χ1n) is 6.16. The Morgan fingerprint density at radius 3 is 2.68 bits per heavy atom. The number of benzene rings is 1. The second-order valence-electron chi connectivity index (χ2n) is 4.31. The molecule has 0 spiro atoms. The number of rotatable bonds is 5. The molecule has 0 bridgehead atoms. The van der Waals surface area contributed by atoms with Crippen molar-refractivity contribution in [2.75, 3.05) is 6.61 Å². The molecule has 0 aliphatic rings. The van der Waals surface area contributed by atoms with Crippen LogP contribution in [0.5, 0.6) is 5.75 Å². The van der Waals surface area contributed by atoms with Gasteiger partial charge in [-0.15, -0.1) is 0 Å². The van der Waals surface area contributed by atoms with Crippen LogP contribution in [-0.2, 0) is 6.42 Å². The lowest BCUT2D eigenvalue weighted by atomic mass is 10.1. The van der Waals surface area contributed by atoms with Gasteiger partial charge in [-0.3, -0.25) is 4.98 Å². The summed E-state index contributed by atoms with van der Waals surface area (Å²) in [5, 5.41) is 9.74. The van der Waals surface area contributed by atoms with Crippen molar-refractivity contribution in [3.63, 3.8) is 0 Å². The van der Waals surface area contributed by atoms with Gasteiger partial charge in [-0.25, -0.2) is 0 Å². The van der Waals surface area contributed by atoms with Gasteiger partial charge in [0.05, 0.1) is 12.7 Å². The standard InChI is InChI=1S/C15H16BrNO2/c1-11(18)14-10-13(16)2-3-15(14)19-9-6-12-4-7-17-8-5-12/h2-5,7-8,10-11,18H,6,9H2,1H3/t11-/m0/s1. The average molecular weight is 322 g/mol. The Bertz CT molecular complexity index is 529. The normalized spacial score (nSPS) is 12.2. The number of pyridine rings is 1. The fourth-order valence-electron chi connectivity index (χ4n) is 1.81. The van der Waals surface area contributed by atoms with Crippen molar-refractivity contribution in [3.8, 4) is 5.75 Å². The van der Waals surface area contributed by atoms with Gasteiger partial charge in [0.15, 0.2) is 0 Å². The van der Waals surface area contributed by atoms with Crippen molar-refractivity contribution < 1.29 is 9.84 Å². The van der Waals surface area contributed by atoms with Crippen molar-refractivity contribution >= 4 is 15.9 Å². The summed E-state index contributed by atoms with van der Waals surface area (Å²) in [6.45, 7) is 2.31. The van der Waals surface area contributed by atoms with Gasteiger partial charge in [0.2, 0.25) is 0 Å². The molecular formula is C15H16BrNO2. The smallest absolute Gasteiger partial charge is 0.125 e. The first kappa shape index (κ1) is 14.0. The van der Waals surface area contributed by atoms with Crippen molar-refractivity contribution in [3.05, 3.63) is 58.3 Å². The maximum atomic E-state index is 9.74. The molecule has 0 saturated carbocycles. The van der Waals surface area contributed by atoms with Gasteiger partial charge in [0.1, 0.15) is 5.75 Å². The Hall–Kier alpha value is -1.39. The van der Waals surface area contributed by atoms with Crippen LogP contribution >= 0.6 is 15.9 Å². The third-order valence-electron chi connectivity index (χ3n) is 2.82. The molecule has 1 aromatic heterocycles. The number of aliphatic hydroxyl groups excluding tert-OH is 1. The highest BCUT2D eigenvalue weighted by Crippen LogP contribution is 2.28. The molecule has 0 saturated heterocycles. The van der Waals surface area contributed by atoms with E-state index in [0.717, 1.165) is 22.2 Å². The highest BCUT2D eigenvalue weighted by Gasteiger charge is 2.09. The van der Waals surface area contributed by atoms with E-state index in [1.165, 1.54) is 5.56 Å². The third-order valence-corrected chi connectivity index (χ3v) is 3.31. The number of halogens is 1. The van der Waals surface area contributed by atoms with Crippen LogP contribution < -0.4 is 4.74 Å². The largest absolute Gasteiger partial charge is 0.493 e. The predicted molar refractivity (Wildman–Crippen MR) is 78.2 cm³/mol. The number of aliphatic hydroxyl groups is 1. The molecule has 0 amide bonds. The summed E-state index contributed by atoms with van der Waals surface area (Å²) in [6, 6.07) is 9.61. The molecule has 0 fully saturated rings. The maximum absolute atomic E-state index is 9.74. The van der Waals surface area contributed by atoms with Crippen molar-refractivity contribution in [1.82, 2.24) is 4.98 Å². The molecule has 0 aliphatic heterocycles. The van der Waals surface area contributed by atoms with Crippen LogP contribution in [0.25, 0.3) is 0 Å². The minimum absolute atomic E-state index is 0.548. The van der Waals surface area contributed by atoms with Crippen LogP contribution in [0.2, 0.25) is 0 Å². The molecule has 4 heteroatoms. The molecule has 3 nitrogen and oxygen atoms in total. The zero-order valence-electron chi connectivity index (χ0n) is 10.7. The second kappa shape index (κ2) is 6.68. The van der Waals surface area contributed by atoms with Gasteiger partial charge in [0.25, 0.3) is 0 Å². The molecule has 19 heavy (non-hydrogen) atoms. The number of ether oxygens (including phenoxy) is 1. The number of hydrogen-bond donors (Lipinski definition) is 1.